The van der Waals surface area contributed by atoms with Crippen LogP contribution in [-0.4, -0.2) is 38.5 Å². The predicted octanol–water partition coefficient (Wildman–Crippen LogP) is 0.0784. The minimum Gasteiger partial charge on any atom is -0.508 e. The lowest BCUT2D eigenvalue weighted by atomic mass is 10.0. The highest BCUT2D eigenvalue weighted by molar-refractivity contribution is 5.88. The van der Waals surface area contributed by atoms with Crippen LogP contribution in [-0.2, 0) is 11.2 Å². The molecule has 6 heteroatoms. The summed E-state index contributed by atoms with van der Waals surface area (Å²) in [6.07, 6.45) is -1.90. The highest BCUT2D eigenvalue weighted by Gasteiger charge is 2.16. The number of aromatic hydroxyl groups is 1. The zero-order chi connectivity index (χ0) is 12.3. The fraction of sp³-hybridized carbons (Fsp3) is 0.200. The SMILES string of the molecule is O=C(O)c1ccc(C[C@H](O)C(=O)O)c(O)c1. The molecule has 0 radical (unpaired) electrons. The van der Waals surface area contributed by atoms with E-state index in [1.807, 2.05) is 0 Å². The Morgan fingerprint density at radius 1 is 1.25 bits per heavy atom. The van der Waals surface area contributed by atoms with E-state index in [2.05, 4.69) is 0 Å². The van der Waals surface area contributed by atoms with Gasteiger partial charge in [0, 0.05) is 6.42 Å². The first-order valence-electron chi connectivity index (χ1n) is 4.38. The Balaban J connectivity index is 2.91. The van der Waals surface area contributed by atoms with Crippen molar-refractivity contribution >= 4 is 11.9 Å². The summed E-state index contributed by atoms with van der Waals surface area (Å²) in [6, 6.07) is 3.50. The summed E-state index contributed by atoms with van der Waals surface area (Å²) in [5.74, 6) is -2.94. The van der Waals surface area contributed by atoms with Crippen LogP contribution >= 0.6 is 0 Å². The Morgan fingerprint density at radius 2 is 1.88 bits per heavy atom. The number of phenolic OH excluding ortho intramolecular Hbond substituents is 1. The molecule has 1 rings (SSSR count). The van der Waals surface area contributed by atoms with Crippen LogP contribution in [0.1, 0.15) is 15.9 Å². The average Bonchev–Trinajstić information content (AvgIpc) is 2.20. The van der Waals surface area contributed by atoms with Gasteiger partial charge in [-0.2, -0.15) is 0 Å². The van der Waals surface area contributed by atoms with E-state index in [9.17, 15) is 14.7 Å². The van der Waals surface area contributed by atoms with Gasteiger partial charge < -0.3 is 20.4 Å². The maximum Gasteiger partial charge on any atom is 0.335 e. The number of aliphatic hydroxyl groups excluding tert-OH is 1. The van der Waals surface area contributed by atoms with E-state index in [0.717, 1.165) is 6.07 Å². The lowest BCUT2D eigenvalue weighted by molar-refractivity contribution is -0.146. The van der Waals surface area contributed by atoms with Gasteiger partial charge in [0.1, 0.15) is 5.75 Å². The number of hydrogen-bond acceptors (Lipinski definition) is 4. The van der Waals surface area contributed by atoms with Crippen molar-refractivity contribution in [1.82, 2.24) is 0 Å². The molecule has 4 N–H and O–H groups in total. The molecule has 0 aromatic heterocycles. The molecule has 16 heavy (non-hydrogen) atoms. The fourth-order valence-corrected chi connectivity index (χ4v) is 1.17. The molecule has 0 heterocycles. The standard InChI is InChI=1S/C10H10O6/c11-7-4-6(9(13)14)2-1-5(7)3-8(12)10(15)16/h1-2,4,8,11-12H,3H2,(H,13,14)(H,15,16)/t8-/m0/s1. The fourth-order valence-electron chi connectivity index (χ4n) is 1.17. The third kappa shape index (κ3) is 2.71. The van der Waals surface area contributed by atoms with E-state index in [1.165, 1.54) is 12.1 Å². The van der Waals surface area contributed by atoms with Gasteiger partial charge in [-0.25, -0.2) is 9.59 Å². The van der Waals surface area contributed by atoms with Crippen molar-refractivity contribution < 1.29 is 30.0 Å². The summed E-state index contributed by atoms with van der Waals surface area (Å²) in [6.45, 7) is 0. The number of carbonyl (C=O) groups is 2. The van der Waals surface area contributed by atoms with Gasteiger partial charge in [0.15, 0.2) is 6.10 Å². The predicted molar refractivity (Wildman–Crippen MR) is 52.4 cm³/mol. The molecule has 0 bridgehead atoms. The van der Waals surface area contributed by atoms with Gasteiger partial charge in [0.25, 0.3) is 0 Å². The zero-order valence-corrected chi connectivity index (χ0v) is 8.12. The van der Waals surface area contributed by atoms with Gasteiger partial charge in [-0.1, -0.05) is 6.07 Å². The highest BCUT2D eigenvalue weighted by Crippen LogP contribution is 2.20. The first-order valence-corrected chi connectivity index (χ1v) is 4.38. The lowest BCUT2D eigenvalue weighted by Crippen LogP contribution is -2.22. The number of rotatable bonds is 4. The molecule has 1 aromatic rings. The molecule has 0 aliphatic carbocycles. The Labute approximate surface area is 90.4 Å². The van der Waals surface area contributed by atoms with E-state index in [0.29, 0.717) is 0 Å². The van der Waals surface area contributed by atoms with Crippen molar-refractivity contribution in [2.75, 3.05) is 0 Å². The summed E-state index contributed by atoms with van der Waals surface area (Å²) in [7, 11) is 0. The molecule has 0 saturated carbocycles. The normalized spacial score (nSPS) is 12.1. The summed E-state index contributed by atoms with van der Waals surface area (Å²) >= 11 is 0. The van der Waals surface area contributed by atoms with Crippen molar-refractivity contribution in [3.05, 3.63) is 29.3 Å². The van der Waals surface area contributed by atoms with Gasteiger partial charge >= 0.3 is 11.9 Å². The molecule has 0 fully saturated rings. The van der Waals surface area contributed by atoms with E-state index < -0.39 is 18.0 Å². The molecule has 6 nitrogen and oxygen atoms in total. The summed E-state index contributed by atoms with van der Waals surface area (Å²) < 4.78 is 0. The number of benzene rings is 1. The van der Waals surface area contributed by atoms with Crippen LogP contribution in [0.15, 0.2) is 18.2 Å². The van der Waals surface area contributed by atoms with Crippen LogP contribution in [0, 0.1) is 0 Å². The molecule has 0 amide bonds. The Bertz CT molecular complexity index is 425. The topological polar surface area (TPSA) is 115 Å². The first-order chi connectivity index (χ1) is 7.41. The molecule has 0 unspecified atom stereocenters. The van der Waals surface area contributed by atoms with Gasteiger partial charge in [0.05, 0.1) is 5.56 Å². The molecular formula is C10H10O6. The van der Waals surface area contributed by atoms with Crippen LogP contribution in [0.4, 0.5) is 0 Å². The number of carboxylic acids is 2. The van der Waals surface area contributed by atoms with Crippen LogP contribution in [0.3, 0.4) is 0 Å². The largest absolute Gasteiger partial charge is 0.508 e. The van der Waals surface area contributed by atoms with Gasteiger partial charge in [-0.15, -0.1) is 0 Å². The third-order valence-corrected chi connectivity index (χ3v) is 2.03. The molecular weight excluding hydrogens is 216 g/mol. The smallest absolute Gasteiger partial charge is 0.335 e. The van der Waals surface area contributed by atoms with Gasteiger partial charge in [-0.05, 0) is 17.7 Å². The lowest BCUT2D eigenvalue weighted by Gasteiger charge is -2.07. The van der Waals surface area contributed by atoms with Crippen molar-refractivity contribution in [3.63, 3.8) is 0 Å². The Morgan fingerprint density at radius 3 is 2.31 bits per heavy atom. The minimum atomic E-state index is -1.62. The molecule has 0 spiro atoms. The summed E-state index contributed by atoms with van der Waals surface area (Å²) in [5.41, 5.74) is 0.0750. The van der Waals surface area contributed by atoms with Crippen molar-refractivity contribution in [2.45, 2.75) is 12.5 Å². The molecule has 1 atom stereocenters. The zero-order valence-electron chi connectivity index (χ0n) is 8.12. The molecule has 0 saturated heterocycles. The third-order valence-electron chi connectivity index (χ3n) is 2.03. The summed E-state index contributed by atoms with van der Waals surface area (Å²) in [4.78, 5) is 20.9. The minimum absolute atomic E-state index is 0.105. The van der Waals surface area contributed by atoms with Crippen LogP contribution in [0.2, 0.25) is 0 Å². The second-order valence-electron chi connectivity index (χ2n) is 3.21. The number of aromatic carboxylic acids is 1. The van der Waals surface area contributed by atoms with Gasteiger partial charge in [0.2, 0.25) is 0 Å². The molecule has 0 aliphatic rings. The molecule has 0 aliphatic heterocycles. The van der Waals surface area contributed by atoms with Crippen molar-refractivity contribution in [1.29, 1.82) is 0 Å². The summed E-state index contributed by atoms with van der Waals surface area (Å²) in [5, 5.41) is 35.5. The van der Waals surface area contributed by atoms with E-state index >= 15 is 0 Å². The van der Waals surface area contributed by atoms with Crippen LogP contribution in [0.25, 0.3) is 0 Å². The molecule has 1 aromatic carbocycles. The monoisotopic (exact) mass is 226 g/mol. The Hall–Kier alpha value is -2.08. The van der Waals surface area contributed by atoms with Crippen LogP contribution in [0.5, 0.6) is 5.75 Å². The number of hydrogen-bond donors (Lipinski definition) is 4. The number of phenols is 1. The first kappa shape index (κ1) is 12.0. The number of aliphatic hydroxyl groups is 1. The quantitative estimate of drug-likeness (QED) is 0.577. The highest BCUT2D eigenvalue weighted by atomic mass is 16.4. The van der Waals surface area contributed by atoms with Crippen molar-refractivity contribution in [2.24, 2.45) is 0 Å². The molecule has 86 valence electrons. The number of carboxylic acid groups (broad SMARTS) is 2. The van der Waals surface area contributed by atoms with E-state index in [4.69, 9.17) is 15.3 Å². The average molecular weight is 226 g/mol. The maximum atomic E-state index is 10.5. The number of aliphatic carboxylic acids is 1. The Kier molecular flexibility index (Phi) is 3.47. The van der Waals surface area contributed by atoms with Crippen molar-refractivity contribution in [3.8, 4) is 5.75 Å². The van der Waals surface area contributed by atoms with Gasteiger partial charge in [-0.3, -0.25) is 0 Å². The van der Waals surface area contributed by atoms with E-state index in [-0.39, 0.29) is 23.3 Å². The maximum absolute atomic E-state index is 10.5. The second kappa shape index (κ2) is 4.63. The van der Waals surface area contributed by atoms with Crippen LogP contribution < -0.4 is 0 Å². The van der Waals surface area contributed by atoms with E-state index in [1.54, 1.807) is 0 Å². The second-order valence-corrected chi connectivity index (χ2v) is 3.21.